The van der Waals surface area contributed by atoms with Crippen molar-refractivity contribution in [3.8, 4) is 0 Å². The highest BCUT2D eigenvalue weighted by Crippen LogP contribution is 2.27. The van der Waals surface area contributed by atoms with Crippen molar-refractivity contribution in [2.24, 2.45) is 5.73 Å². The molecule has 0 amide bonds. The van der Waals surface area contributed by atoms with Crippen LogP contribution in [0.15, 0.2) is 42.5 Å². The molecule has 1 unspecified atom stereocenters. The van der Waals surface area contributed by atoms with Gasteiger partial charge < -0.3 is 11.1 Å². The predicted octanol–water partition coefficient (Wildman–Crippen LogP) is 2.48. The number of alkyl halides is 3. The van der Waals surface area contributed by atoms with Crippen LogP contribution in [0.2, 0.25) is 0 Å². The van der Waals surface area contributed by atoms with E-state index >= 15 is 0 Å². The number of benzene rings is 1. The van der Waals surface area contributed by atoms with Gasteiger partial charge >= 0.3 is 6.18 Å². The second-order valence-electron chi connectivity index (χ2n) is 4.57. The minimum Gasteiger partial charge on any atom is -0.364 e. The fourth-order valence-corrected chi connectivity index (χ4v) is 1.86. The highest BCUT2D eigenvalue weighted by Gasteiger charge is 2.32. The first-order valence-corrected chi connectivity index (χ1v) is 6.40. The SMILES string of the molecule is NCC(Cc1ccccc1)Nc1ccc(C(F)(F)F)nn1. The third-order valence-electron chi connectivity index (χ3n) is 2.92. The van der Waals surface area contributed by atoms with E-state index in [0.29, 0.717) is 13.0 Å². The molecule has 21 heavy (non-hydrogen) atoms. The summed E-state index contributed by atoms with van der Waals surface area (Å²) in [5.74, 6) is 0.273. The molecule has 2 aromatic rings. The maximum Gasteiger partial charge on any atom is 0.435 e. The summed E-state index contributed by atoms with van der Waals surface area (Å²) in [6.45, 7) is 0.331. The number of nitrogens with one attached hydrogen (secondary N) is 1. The van der Waals surface area contributed by atoms with Crippen LogP contribution in [0.3, 0.4) is 0 Å². The molecule has 1 heterocycles. The first-order chi connectivity index (χ1) is 9.99. The number of rotatable bonds is 5. The number of aromatic nitrogens is 2. The van der Waals surface area contributed by atoms with Gasteiger partial charge in [0.2, 0.25) is 0 Å². The lowest BCUT2D eigenvalue weighted by atomic mass is 10.1. The number of halogens is 3. The molecule has 112 valence electrons. The summed E-state index contributed by atoms with van der Waals surface area (Å²) in [6.07, 6.45) is -3.83. The molecule has 1 aromatic heterocycles. The minimum absolute atomic E-state index is 0.126. The van der Waals surface area contributed by atoms with Gasteiger partial charge in [0.15, 0.2) is 5.69 Å². The van der Waals surface area contributed by atoms with Crippen molar-refractivity contribution >= 4 is 5.82 Å². The molecule has 0 saturated heterocycles. The van der Waals surface area contributed by atoms with Crippen molar-refractivity contribution < 1.29 is 13.2 Å². The molecule has 0 fully saturated rings. The molecule has 2 rings (SSSR count). The Bertz CT molecular complexity index is 555. The number of nitrogens with two attached hydrogens (primary N) is 1. The van der Waals surface area contributed by atoms with Gasteiger partial charge in [-0.3, -0.25) is 0 Å². The van der Waals surface area contributed by atoms with Gasteiger partial charge in [-0.15, -0.1) is 10.2 Å². The Hall–Kier alpha value is -2.15. The Kier molecular flexibility index (Phi) is 4.74. The molecular formula is C14H15F3N4. The summed E-state index contributed by atoms with van der Waals surface area (Å²) < 4.78 is 37.2. The lowest BCUT2D eigenvalue weighted by Gasteiger charge is -2.17. The van der Waals surface area contributed by atoms with E-state index in [1.807, 2.05) is 30.3 Å². The van der Waals surface area contributed by atoms with E-state index in [1.54, 1.807) is 0 Å². The third kappa shape index (κ3) is 4.42. The molecule has 4 nitrogen and oxygen atoms in total. The molecule has 7 heteroatoms. The summed E-state index contributed by atoms with van der Waals surface area (Å²) in [5, 5.41) is 9.69. The zero-order valence-corrected chi connectivity index (χ0v) is 11.1. The zero-order chi connectivity index (χ0) is 15.3. The van der Waals surface area contributed by atoms with Gasteiger partial charge in [0.25, 0.3) is 0 Å². The second-order valence-corrected chi connectivity index (χ2v) is 4.57. The largest absolute Gasteiger partial charge is 0.435 e. The highest BCUT2D eigenvalue weighted by atomic mass is 19.4. The van der Waals surface area contributed by atoms with Gasteiger partial charge in [0, 0.05) is 12.6 Å². The van der Waals surface area contributed by atoms with E-state index < -0.39 is 11.9 Å². The van der Waals surface area contributed by atoms with Crippen LogP contribution in [0.25, 0.3) is 0 Å². The van der Waals surface area contributed by atoms with Crippen LogP contribution in [-0.4, -0.2) is 22.8 Å². The minimum atomic E-state index is -4.48. The van der Waals surface area contributed by atoms with Gasteiger partial charge in [-0.05, 0) is 24.1 Å². The van der Waals surface area contributed by atoms with Crippen molar-refractivity contribution in [3.63, 3.8) is 0 Å². The average Bonchev–Trinajstić information content (AvgIpc) is 2.47. The van der Waals surface area contributed by atoms with Crippen molar-refractivity contribution in [1.82, 2.24) is 10.2 Å². The molecule has 1 aromatic carbocycles. The summed E-state index contributed by atoms with van der Waals surface area (Å²) in [6, 6.07) is 11.7. The quantitative estimate of drug-likeness (QED) is 0.889. The molecule has 0 spiro atoms. The van der Waals surface area contributed by atoms with Crippen LogP contribution >= 0.6 is 0 Å². The van der Waals surface area contributed by atoms with Gasteiger partial charge in [0.05, 0.1) is 0 Å². The maximum atomic E-state index is 12.4. The average molecular weight is 296 g/mol. The highest BCUT2D eigenvalue weighted by molar-refractivity contribution is 5.35. The number of hydrogen-bond acceptors (Lipinski definition) is 4. The molecule has 1 atom stereocenters. The van der Waals surface area contributed by atoms with E-state index in [1.165, 1.54) is 6.07 Å². The number of nitrogens with zero attached hydrogens (tertiary/aromatic N) is 2. The monoisotopic (exact) mass is 296 g/mol. The number of anilines is 1. The maximum absolute atomic E-state index is 12.4. The zero-order valence-electron chi connectivity index (χ0n) is 11.1. The summed E-state index contributed by atoms with van der Waals surface area (Å²) in [5.41, 5.74) is 5.75. The molecular weight excluding hydrogens is 281 g/mol. The first-order valence-electron chi connectivity index (χ1n) is 6.40. The van der Waals surface area contributed by atoms with E-state index in [4.69, 9.17) is 5.73 Å². The van der Waals surface area contributed by atoms with Crippen LogP contribution < -0.4 is 11.1 Å². The van der Waals surface area contributed by atoms with Crippen LogP contribution in [0, 0.1) is 0 Å². The smallest absolute Gasteiger partial charge is 0.364 e. The van der Waals surface area contributed by atoms with E-state index in [9.17, 15) is 13.2 Å². The van der Waals surface area contributed by atoms with Crippen molar-refractivity contribution in [2.45, 2.75) is 18.6 Å². The van der Waals surface area contributed by atoms with Crippen molar-refractivity contribution in [3.05, 3.63) is 53.7 Å². The molecule has 0 aliphatic rings. The predicted molar refractivity (Wildman–Crippen MR) is 73.6 cm³/mol. The van der Waals surface area contributed by atoms with Crippen LogP contribution in [-0.2, 0) is 12.6 Å². The number of hydrogen-bond donors (Lipinski definition) is 2. The van der Waals surface area contributed by atoms with Crippen LogP contribution in [0.4, 0.5) is 19.0 Å². The summed E-state index contributed by atoms with van der Waals surface area (Å²) in [7, 11) is 0. The Labute approximate surface area is 120 Å². The van der Waals surface area contributed by atoms with Gasteiger partial charge in [-0.25, -0.2) is 0 Å². The lowest BCUT2D eigenvalue weighted by molar-refractivity contribution is -0.141. The van der Waals surface area contributed by atoms with Crippen molar-refractivity contribution in [1.29, 1.82) is 0 Å². The molecule has 0 aliphatic heterocycles. The summed E-state index contributed by atoms with van der Waals surface area (Å²) in [4.78, 5) is 0. The lowest BCUT2D eigenvalue weighted by Crippen LogP contribution is -2.31. The summed E-state index contributed by atoms with van der Waals surface area (Å²) >= 11 is 0. The Morgan fingerprint density at radius 3 is 2.29 bits per heavy atom. The second kappa shape index (κ2) is 6.53. The Balaban J connectivity index is 2.02. The first kappa shape index (κ1) is 15.2. The van der Waals surface area contributed by atoms with Crippen molar-refractivity contribution in [2.75, 3.05) is 11.9 Å². The fourth-order valence-electron chi connectivity index (χ4n) is 1.86. The molecule has 3 N–H and O–H groups in total. The van der Waals surface area contributed by atoms with Gasteiger partial charge in [-0.1, -0.05) is 30.3 Å². The normalized spacial score (nSPS) is 13.0. The Morgan fingerprint density at radius 2 is 1.76 bits per heavy atom. The van der Waals surface area contributed by atoms with E-state index in [-0.39, 0.29) is 11.9 Å². The molecule has 0 saturated carbocycles. The third-order valence-corrected chi connectivity index (χ3v) is 2.92. The standard InChI is InChI=1S/C14H15F3N4/c15-14(16,17)12-6-7-13(21-20-12)19-11(9-18)8-10-4-2-1-3-5-10/h1-7,11H,8-9,18H2,(H,19,21). The molecule has 0 bridgehead atoms. The fraction of sp³-hybridized carbons (Fsp3) is 0.286. The molecule has 0 aliphatic carbocycles. The van der Waals surface area contributed by atoms with E-state index in [0.717, 1.165) is 11.6 Å². The Morgan fingerprint density at radius 1 is 1.05 bits per heavy atom. The van der Waals surface area contributed by atoms with Gasteiger partial charge in [-0.2, -0.15) is 13.2 Å². The molecule has 0 radical (unpaired) electrons. The van der Waals surface area contributed by atoms with Gasteiger partial charge in [0.1, 0.15) is 5.82 Å². The van der Waals surface area contributed by atoms with Crippen LogP contribution in [0.5, 0.6) is 0 Å². The van der Waals surface area contributed by atoms with Crippen LogP contribution in [0.1, 0.15) is 11.3 Å². The van der Waals surface area contributed by atoms with E-state index in [2.05, 4.69) is 15.5 Å². The topological polar surface area (TPSA) is 63.8 Å².